The maximum absolute atomic E-state index is 12.3. The monoisotopic (exact) mass is 265 g/mol. The Labute approximate surface area is 111 Å². The van der Waals surface area contributed by atoms with E-state index in [1.54, 1.807) is 11.8 Å². The van der Waals surface area contributed by atoms with Crippen molar-refractivity contribution in [2.75, 3.05) is 13.2 Å². The van der Waals surface area contributed by atoms with Crippen molar-refractivity contribution >= 4 is 11.9 Å². The summed E-state index contributed by atoms with van der Waals surface area (Å²) in [5.41, 5.74) is 6.64. The first-order chi connectivity index (χ1) is 9.15. The molecule has 1 aliphatic heterocycles. The fraction of sp³-hybridized carbons (Fsp3) is 0.538. The van der Waals surface area contributed by atoms with Crippen LogP contribution in [-0.2, 0) is 14.3 Å². The molecular formula is C13H19N3O3. The fourth-order valence-corrected chi connectivity index (χ4v) is 2.42. The van der Waals surface area contributed by atoms with Gasteiger partial charge in [-0.3, -0.25) is 4.79 Å². The van der Waals surface area contributed by atoms with E-state index >= 15 is 0 Å². The summed E-state index contributed by atoms with van der Waals surface area (Å²) in [4.78, 5) is 28.6. The molecule has 19 heavy (non-hydrogen) atoms. The van der Waals surface area contributed by atoms with E-state index < -0.39 is 12.0 Å². The van der Waals surface area contributed by atoms with Gasteiger partial charge in [0.2, 0.25) is 0 Å². The lowest BCUT2D eigenvalue weighted by Crippen LogP contribution is -2.48. The Morgan fingerprint density at radius 3 is 3.05 bits per heavy atom. The number of rotatable bonds is 4. The number of aromatic nitrogens is 1. The molecular weight excluding hydrogens is 246 g/mol. The third-order valence-electron chi connectivity index (χ3n) is 3.32. The molecule has 1 aromatic rings. The summed E-state index contributed by atoms with van der Waals surface area (Å²) in [7, 11) is 0. The van der Waals surface area contributed by atoms with Crippen molar-refractivity contribution in [1.29, 1.82) is 0 Å². The van der Waals surface area contributed by atoms with Crippen molar-refractivity contribution < 1.29 is 14.3 Å². The Morgan fingerprint density at radius 2 is 2.42 bits per heavy atom. The van der Waals surface area contributed by atoms with Crippen molar-refractivity contribution in [2.24, 2.45) is 5.73 Å². The van der Waals surface area contributed by atoms with E-state index in [0.717, 1.165) is 18.5 Å². The molecule has 6 nitrogen and oxygen atoms in total. The van der Waals surface area contributed by atoms with Crippen LogP contribution in [0.3, 0.4) is 0 Å². The number of nitrogens with zero attached hydrogens (tertiary/aromatic N) is 1. The van der Waals surface area contributed by atoms with Crippen molar-refractivity contribution in [3.63, 3.8) is 0 Å². The topological polar surface area (TPSA) is 88.4 Å². The zero-order valence-electron chi connectivity index (χ0n) is 11.0. The summed E-state index contributed by atoms with van der Waals surface area (Å²) in [6, 6.07) is 2.58. The van der Waals surface area contributed by atoms with Gasteiger partial charge in [0.05, 0.1) is 12.6 Å². The number of likely N-dealkylation sites (tertiary alicyclic amines) is 1. The number of H-pyrrole nitrogens is 1. The summed E-state index contributed by atoms with van der Waals surface area (Å²) in [6.07, 6.45) is 3.61. The number of esters is 1. The predicted molar refractivity (Wildman–Crippen MR) is 69.1 cm³/mol. The van der Waals surface area contributed by atoms with Crippen molar-refractivity contribution in [3.05, 3.63) is 24.0 Å². The molecule has 0 saturated carbocycles. The molecule has 1 aliphatic rings. The van der Waals surface area contributed by atoms with Crippen LogP contribution in [0.1, 0.15) is 31.5 Å². The smallest absolute Gasteiger partial charge is 0.332 e. The van der Waals surface area contributed by atoms with E-state index in [0.29, 0.717) is 6.54 Å². The van der Waals surface area contributed by atoms with E-state index in [1.807, 2.05) is 18.3 Å². The van der Waals surface area contributed by atoms with Gasteiger partial charge in [0.25, 0.3) is 5.91 Å². The van der Waals surface area contributed by atoms with Crippen LogP contribution < -0.4 is 5.73 Å². The Bertz CT molecular complexity index is 444. The van der Waals surface area contributed by atoms with E-state index in [2.05, 4.69) is 4.98 Å². The lowest BCUT2D eigenvalue weighted by atomic mass is 10.1. The maximum atomic E-state index is 12.3. The van der Waals surface area contributed by atoms with Gasteiger partial charge in [0, 0.05) is 18.4 Å². The first-order valence-electron chi connectivity index (χ1n) is 6.51. The van der Waals surface area contributed by atoms with Crippen LogP contribution in [0.4, 0.5) is 0 Å². The summed E-state index contributed by atoms with van der Waals surface area (Å²) in [5, 5.41) is 0. The molecule has 1 saturated heterocycles. The molecule has 0 radical (unpaired) electrons. The largest absolute Gasteiger partial charge is 0.464 e. The number of amides is 1. The second-order valence-corrected chi connectivity index (χ2v) is 4.54. The fourth-order valence-electron chi connectivity index (χ4n) is 2.42. The van der Waals surface area contributed by atoms with Crippen molar-refractivity contribution in [1.82, 2.24) is 9.88 Å². The normalized spacial score (nSPS) is 20.3. The molecule has 0 bridgehead atoms. The van der Waals surface area contributed by atoms with Gasteiger partial charge in [0.15, 0.2) is 6.04 Å². The van der Waals surface area contributed by atoms with E-state index in [4.69, 9.17) is 10.5 Å². The average Bonchev–Trinajstić information content (AvgIpc) is 3.06. The Balaban J connectivity index is 2.07. The average molecular weight is 265 g/mol. The lowest BCUT2D eigenvalue weighted by Gasteiger charge is -2.26. The molecule has 0 spiro atoms. The van der Waals surface area contributed by atoms with Crippen LogP contribution >= 0.6 is 0 Å². The van der Waals surface area contributed by atoms with Gasteiger partial charge in [-0.25, -0.2) is 4.79 Å². The number of nitrogens with two attached hydrogens (primary N) is 1. The van der Waals surface area contributed by atoms with Crippen LogP contribution in [0.2, 0.25) is 0 Å². The molecule has 6 heteroatoms. The van der Waals surface area contributed by atoms with Crippen molar-refractivity contribution in [2.45, 2.75) is 31.8 Å². The lowest BCUT2D eigenvalue weighted by molar-refractivity contribution is -0.151. The van der Waals surface area contributed by atoms with Gasteiger partial charge in [0.1, 0.15) is 0 Å². The summed E-state index contributed by atoms with van der Waals surface area (Å²) >= 11 is 0. The van der Waals surface area contributed by atoms with Crippen LogP contribution in [0, 0.1) is 0 Å². The summed E-state index contributed by atoms with van der Waals surface area (Å²) < 4.78 is 4.79. The van der Waals surface area contributed by atoms with E-state index in [1.165, 1.54) is 0 Å². The zero-order chi connectivity index (χ0) is 13.8. The van der Waals surface area contributed by atoms with Crippen LogP contribution in [-0.4, -0.2) is 41.0 Å². The van der Waals surface area contributed by atoms with Gasteiger partial charge in [-0.2, -0.15) is 0 Å². The van der Waals surface area contributed by atoms with Crippen LogP contribution in [0.25, 0.3) is 0 Å². The number of ether oxygens (including phenoxy) is 1. The molecule has 2 rings (SSSR count). The third kappa shape index (κ3) is 2.78. The number of hydrogen-bond donors (Lipinski definition) is 2. The zero-order valence-corrected chi connectivity index (χ0v) is 11.0. The molecule has 1 amide bonds. The molecule has 1 aromatic heterocycles. The molecule has 1 fully saturated rings. The van der Waals surface area contributed by atoms with Gasteiger partial charge in [-0.05, 0) is 31.9 Å². The number of carbonyl (C=O) groups is 2. The second-order valence-electron chi connectivity index (χ2n) is 4.54. The summed E-state index contributed by atoms with van der Waals surface area (Å²) in [5.74, 6) is -1.03. The highest BCUT2D eigenvalue weighted by Gasteiger charge is 2.36. The minimum atomic E-state index is -1.23. The minimum absolute atomic E-state index is 0.0250. The van der Waals surface area contributed by atoms with Crippen LogP contribution in [0.5, 0.6) is 0 Å². The van der Waals surface area contributed by atoms with Gasteiger partial charge in [-0.15, -0.1) is 0 Å². The Morgan fingerprint density at radius 1 is 1.63 bits per heavy atom. The van der Waals surface area contributed by atoms with Gasteiger partial charge >= 0.3 is 5.97 Å². The number of nitrogens with one attached hydrogen (secondary N) is 1. The molecule has 104 valence electrons. The standard InChI is InChI=1S/C13H19N3O3/c1-2-19-13(18)11(14)12(17)16-8-4-6-10(16)9-5-3-7-15-9/h3,5,7,10-11,15H,2,4,6,8,14H2,1H3. The molecule has 0 aliphatic carbocycles. The molecule has 2 atom stereocenters. The maximum Gasteiger partial charge on any atom is 0.332 e. The van der Waals surface area contributed by atoms with Gasteiger partial charge in [-0.1, -0.05) is 0 Å². The quantitative estimate of drug-likeness (QED) is 0.615. The third-order valence-corrected chi connectivity index (χ3v) is 3.32. The summed E-state index contributed by atoms with van der Waals surface area (Å²) in [6.45, 7) is 2.53. The number of carbonyl (C=O) groups excluding carboxylic acids is 2. The highest BCUT2D eigenvalue weighted by molar-refractivity contribution is 6.01. The SMILES string of the molecule is CCOC(=O)C(N)C(=O)N1CCCC1c1ccc[nH]1. The number of hydrogen-bond acceptors (Lipinski definition) is 4. The highest BCUT2D eigenvalue weighted by atomic mass is 16.5. The van der Waals surface area contributed by atoms with Gasteiger partial charge < -0.3 is 20.4 Å². The van der Waals surface area contributed by atoms with Crippen molar-refractivity contribution in [3.8, 4) is 0 Å². The van der Waals surface area contributed by atoms with Crippen LogP contribution in [0.15, 0.2) is 18.3 Å². The molecule has 2 heterocycles. The molecule has 0 aromatic carbocycles. The van der Waals surface area contributed by atoms with E-state index in [-0.39, 0.29) is 18.6 Å². The van der Waals surface area contributed by atoms with E-state index in [9.17, 15) is 9.59 Å². The predicted octanol–water partition coefficient (Wildman–Crippen LogP) is 0.569. The molecule has 2 unspecified atom stereocenters. The first-order valence-corrected chi connectivity index (χ1v) is 6.51. The minimum Gasteiger partial charge on any atom is -0.464 e. The number of aromatic amines is 1. The highest BCUT2D eigenvalue weighted by Crippen LogP contribution is 2.31. The first kappa shape index (κ1) is 13.6. The Hall–Kier alpha value is -1.82. The molecule has 3 N–H and O–H groups in total. The Kier molecular flexibility index (Phi) is 4.21. The second kappa shape index (κ2) is 5.88.